The maximum Gasteiger partial charge on any atom is 0.150 e. The summed E-state index contributed by atoms with van der Waals surface area (Å²) in [5.41, 5.74) is 0. The summed E-state index contributed by atoms with van der Waals surface area (Å²) in [4.78, 5) is 0. The summed E-state index contributed by atoms with van der Waals surface area (Å²) in [7, 11) is -2.77. The van der Waals surface area contributed by atoms with E-state index < -0.39 is 9.84 Å². The molecule has 0 aromatic heterocycles. The molecule has 1 N–H and O–H groups in total. The van der Waals surface area contributed by atoms with Crippen molar-refractivity contribution in [2.75, 3.05) is 18.1 Å². The van der Waals surface area contributed by atoms with E-state index in [0.29, 0.717) is 18.6 Å². The van der Waals surface area contributed by atoms with Crippen molar-refractivity contribution in [3.63, 3.8) is 0 Å². The maximum absolute atomic E-state index is 11.1. The van der Waals surface area contributed by atoms with Crippen molar-refractivity contribution in [1.82, 2.24) is 0 Å². The van der Waals surface area contributed by atoms with Gasteiger partial charge in [0, 0.05) is 6.61 Å². The van der Waals surface area contributed by atoms with Crippen molar-refractivity contribution in [3.05, 3.63) is 0 Å². The normalized spacial score (nSPS) is 31.2. The minimum Gasteiger partial charge on any atom is -0.396 e. The van der Waals surface area contributed by atoms with Gasteiger partial charge in [-0.3, -0.25) is 0 Å². The van der Waals surface area contributed by atoms with Crippen molar-refractivity contribution in [1.29, 1.82) is 0 Å². The van der Waals surface area contributed by atoms with E-state index in [-0.39, 0.29) is 18.3 Å². The van der Waals surface area contributed by atoms with Gasteiger partial charge in [-0.25, -0.2) is 8.42 Å². The van der Waals surface area contributed by atoms with E-state index in [1.165, 1.54) is 0 Å². The molecule has 1 saturated heterocycles. The van der Waals surface area contributed by atoms with Crippen LogP contribution in [0.3, 0.4) is 0 Å². The van der Waals surface area contributed by atoms with Crippen LogP contribution in [0.25, 0.3) is 0 Å². The minimum atomic E-state index is -2.77. The third kappa shape index (κ3) is 2.79. The van der Waals surface area contributed by atoms with Crippen molar-refractivity contribution in [3.8, 4) is 0 Å². The fourth-order valence-electron chi connectivity index (χ4n) is 1.37. The zero-order chi connectivity index (χ0) is 8.32. The molecule has 4 heteroatoms. The Hall–Kier alpha value is -0.0900. The van der Waals surface area contributed by atoms with Crippen LogP contribution in [0.1, 0.15) is 19.3 Å². The Morgan fingerprint density at radius 2 is 2.00 bits per heavy atom. The summed E-state index contributed by atoms with van der Waals surface area (Å²) in [5.74, 6) is 0.786. The average Bonchev–Trinajstić information content (AvgIpc) is 2.10. The van der Waals surface area contributed by atoms with Crippen LogP contribution >= 0.6 is 0 Å². The Bertz CT molecular complexity index is 208. The van der Waals surface area contributed by atoms with E-state index >= 15 is 0 Å². The van der Waals surface area contributed by atoms with E-state index in [9.17, 15) is 8.42 Å². The number of aliphatic hydroxyl groups excluding tert-OH is 1. The van der Waals surface area contributed by atoms with Crippen LogP contribution in [0.2, 0.25) is 0 Å². The lowest BCUT2D eigenvalue weighted by molar-refractivity contribution is 0.216. The Morgan fingerprint density at radius 3 is 2.64 bits per heavy atom. The molecule has 3 nitrogen and oxygen atoms in total. The van der Waals surface area contributed by atoms with Crippen LogP contribution < -0.4 is 0 Å². The molecule has 1 aliphatic heterocycles. The van der Waals surface area contributed by atoms with E-state index in [0.717, 1.165) is 6.42 Å². The van der Waals surface area contributed by atoms with Crippen molar-refractivity contribution in [2.45, 2.75) is 19.3 Å². The molecule has 1 atom stereocenters. The third-order valence-corrected chi connectivity index (χ3v) is 3.93. The number of hydrogen-bond donors (Lipinski definition) is 1. The topological polar surface area (TPSA) is 54.4 Å². The van der Waals surface area contributed by atoms with Crippen LogP contribution in [0.15, 0.2) is 0 Å². The average molecular weight is 178 g/mol. The Labute approximate surface area is 67.3 Å². The molecule has 1 unspecified atom stereocenters. The number of rotatable bonds is 1. The molecule has 1 heterocycles. The largest absolute Gasteiger partial charge is 0.396 e. The SMILES string of the molecule is O=S1(=O)CCCC(CO)CC1. The molecule has 0 spiro atoms. The highest BCUT2D eigenvalue weighted by Gasteiger charge is 2.19. The molecule has 0 aromatic rings. The van der Waals surface area contributed by atoms with Crippen LogP contribution in [0.5, 0.6) is 0 Å². The highest BCUT2D eigenvalue weighted by Crippen LogP contribution is 2.17. The first-order chi connectivity index (χ1) is 5.14. The van der Waals surface area contributed by atoms with Crippen LogP contribution in [-0.2, 0) is 9.84 Å². The predicted molar refractivity (Wildman–Crippen MR) is 43.1 cm³/mol. The second-order valence-electron chi connectivity index (χ2n) is 3.13. The monoisotopic (exact) mass is 178 g/mol. The second-order valence-corrected chi connectivity index (χ2v) is 5.43. The lowest BCUT2D eigenvalue weighted by Crippen LogP contribution is -2.10. The first-order valence-electron chi connectivity index (χ1n) is 3.95. The van der Waals surface area contributed by atoms with Crippen molar-refractivity contribution in [2.24, 2.45) is 5.92 Å². The molecule has 0 bridgehead atoms. The predicted octanol–water partition coefficient (Wildman–Crippen LogP) is 0.194. The van der Waals surface area contributed by atoms with Gasteiger partial charge in [-0.05, 0) is 25.2 Å². The number of aliphatic hydroxyl groups is 1. The van der Waals surface area contributed by atoms with Gasteiger partial charge < -0.3 is 5.11 Å². The lowest BCUT2D eigenvalue weighted by atomic mass is 10.0. The first kappa shape index (κ1) is 9.00. The maximum atomic E-state index is 11.1. The fourth-order valence-corrected chi connectivity index (χ4v) is 2.87. The Morgan fingerprint density at radius 1 is 1.27 bits per heavy atom. The third-order valence-electron chi connectivity index (χ3n) is 2.16. The quantitative estimate of drug-likeness (QED) is 0.623. The molecule has 1 aliphatic rings. The van der Waals surface area contributed by atoms with Gasteiger partial charge in [-0.1, -0.05) is 0 Å². The minimum absolute atomic E-state index is 0.134. The Balaban J connectivity index is 2.53. The molecule has 0 radical (unpaired) electrons. The highest BCUT2D eigenvalue weighted by atomic mass is 32.2. The molecular formula is C7H14O3S. The van der Waals surface area contributed by atoms with E-state index in [1.54, 1.807) is 0 Å². The molecular weight excluding hydrogens is 164 g/mol. The summed E-state index contributed by atoms with van der Waals surface area (Å²) in [5, 5.41) is 8.79. The van der Waals surface area contributed by atoms with Crippen molar-refractivity contribution < 1.29 is 13.5 Å². The van der Waals surface area contributed by atoms with Gasteiger partial charge in [0.15, 0.2) is 0 Å². The van der Waals surface area contributed by atoms with Crippen LogP contribution in [0, 0.1) is 5.92 Å². The van der Waals surface area contributed by atoms with Gasteiger partial charge in [0.05, 0.1) is 11.5 Å². The van der Waals surface area contributed by atoms with Crippen LogP contribution in [0.4, 0.5) is 0 Å². The second kappa shape index (κ2) is 3.54. The van der Waals surface area contributed by atoms with Gasteiger partial charge in [0.2, 0.25) is 0 Å². The molecule has 0 amide bonds. The van der Waals surface area contributed by atoms with E-state index in [1.807, 2.05) is 0 Å². The van der Waals surface area contributed by atoms with Crippen molar-refractivity contribution >= 4 is 9.84 Å². The fraction of sp³-hybridized carbons (Fsp3) is 1.00. The lowest BCUT2D eigenvalue weighted by Gasteiger charge is -2.06. The molecule has 1 rings (SSSR count). The van der Waals surface area contributed by atoms with Gasteiger partial charge in [-0.2, -0.15) is 0 Å². The highest BCUT2D eigenvalue weighted by molar-refractivity contribution is 7.91. The summed E-state index contributed by atoms with van der Waals surface area (Å²) >= 11 is 0. The molecule has 1 fully saturated rings. The van der Waals surface area contributed by atoms with Gasteiger partial charge in [0.25, 0.3) is 0 Å². The Kier molecular flexibility index (Phi) is 2.90. The summed E-state index contributed by atoms with van der Waals surface area (Å²) < 4.78 is 22.1. The summed E-state index contributed by atoms with van der Waals surface area (Å²) in [6.07, 6.45) is 2.21. The summed E-state index contributed by atoms with van der Waals surface area (Å²) in [6, 6.07) is 0. The zero-order valence-corrected chi connectivity index (χ0v) is 7.31. The molecule has 66 valence electrons. The van der Waals surface area contributed by atoms with Crippen LogP contribution in [-0.4, -0.2) is 31.6 Å². The standard InChI is InChI=1S/C7H14O3S/c8-6-7-2-1-4-11(9,10)5-3-7/h7-8H,1-6H2. The smallest absolute Gasteiger partial charge is 0.150 e. The van der Waals surface area contributed by atoms with Gasteiger partial charge in [0.1, 0.15) is 9.84 Å². The number of sulfone groups is 1. The molecule has 11 heavy (non-hydrogen) atoms. The van der Waals surface area contributed by atoms with Gasteiger partial charge in [-0.15, -0.1) is 0 Å². The summed E-state index contributed by atoms with van der Waals surface area (Å²) in [6.45, 7) is 0.134. The number of hydrogen-bond acceptors (Lipinski definition) is 3. The van der Waals surface area contributed by atoms with E-state index in [2.05, 4.69) is 0 Å². The zero-order valence-electron chi connectivity index (χ0n) is 6.49. The van der Waals surface area contributed by atoms with E-state index in [4.69, 9.17) is 5.11 Å². The molecule has 0 aliphatic carbocycles. The molecule has 0 aromatic carbocycles. The van der Waals surface area contributed by atoms with Gasteiger partial charge >= 0.3 is 0 Å². The first-order valence-corrected chi connectivity index (χ1v) is 5.77. The molecule has 0 saturated carbocycles.